The van der Waals surface area contributed by atoms with Crippen LogP contribution in [0.5, 0.6) is 0 Å². The van der Waals surface area contributed by atoms with Crippen LogP contribution in [-0.2, 0) is 28.6 Å². The molecule has 0 saturated carbocycles. The Morgan fingerprint density at radius 3 is 1.08 bits per heavy atom. The minimum Gasteiger partial charge on any atom is -0.462 e. The van der Waals surface area contributed by atoms with Gasteiger partial charge in [0.15, 0.2) is 6.10 Å². The minimum atomic E-state index is -0.847. The molecule has 1 atom stereocenters. The summed E-state index contributed by atoms with van der Waals surface area (Å²) < 4.78 is 16.7. The van der Waals surface area contributed by atoms with E-state index in [0.717, 1.165) is 128 Å². The molecule has 0 aliphatic carbocycles. The van der Waals surface area contributed by atoms with Gasteiger partial charge >= 0.3 is 17.9 Å². The summed E-state index contributed by atoms with van der Waals surface area (Å²) in [5.74, 6) is -1.09. The van der Waals surface area contributed by atoms with Crippen molar-refractivity contribution < 1.29 is 28.6 Å². The maximum Gasteiger partial charge on any atom is 0.306 e. The van der Waals surface area contributed by atoms with Gasteiger partial charge in [0, 0.05) is 19.3 Å². The van der Waals surface area contributed by atoms with Gasteiger partial charge in [0.2, 0.25) is 0 Å². The van der Waals surface area contributed by atoms with E-state index in [2.05, 4.69) is 154 Å². The molecule has 0 spiro atoms. The second-order valence-corrected chi connectivity index (χ2v) is 17.1. The van der Waals surface area contributed by atoms with Gasteiger partial charge in [0.25, 0.3) is 0 Å². The average molecular weight is 973 g/mol. The van der Waals surface area contributed by atoms with Gasteiger partial charge in [-0.05, 0) is 116 Å². The van der Waals surface area contributed by atoms with Crippen LogP contribution in [0, 0.1) is 0 Å². The average Bonchev–Trinajstić information content (AvgIpc) is 3.37. The van der Waals surface area contributed by atoms with E-state index in [1.54, 1.807) is 0 Å². The van der Waals surface area contributed by atoms with E-state index in [0.29, 0.717) is 19.3 Å². The lowest BCUT2D eigenvalue weighted by Gasteiger charge is -2.18. The Labute approximate surface area is 434 Å². The first-order valence-corrected chi connectivity index (χ1v) is 27.4. The summed E-state index contributed by atoms with van der Waals surface area (Å²) >= 11 is 0. The summed E-state index contributed by atoms with van der Waals surface area (Å²) in [4.78, 5) is 38.1. The predicted octanol–water partition coefficient (Wildman–Crippen LogP) is 18.5. The second-order valence-electron chi connectivity index (χ2n) is 17.1. The fraction of sp³-hybridized carbons (Fsp3) is 0.492. The Bertz CT molecular complexity index is 1730. The third-order valence-electron chi connectivity index (χ3n) is 10.5. The Hall–Kier alpha value is -5.49. The molecule has 0 N–H and O–H groups in total. The maximum absolute atomic E-state index is 12.8. The van der Waals surface area contributed by atoms with E-state index in [4.69, 9.17) is 14.2 Å². The number of ether oxygens (including phenoxy) is 3. The van der Waals surface area contributed by atoms with Crippen LogP contribution in [-0.4, -0.2) is 37.2 Å². The van der Waals surface area contributed by atoms with Crippen LogP contribution < -0.4 is 0 Å². The lowest BCUT2D eigenvalue weighted by Crippen LogP contribution is -2.30. The molecule has 71 heavy (non-hydrogen) atoms. The van der Waals surface area contributed by atoms with Crippen molar-refractivity contribution in [2.45, 2.75) is 194 Å². The molecular formula is C65H96O6. The highest BCUT2D eigenvalue weighted by Gasteiger charge is 2.19. The Morgan fingerprint density at radius 1 is 0.310 bits per heavy atom. The SMILES string of the molecule is CC/C=C\C/C=C\C/C=C\C/C=C\C/C=C\CCCCCC(=O)OCC(COC(=O)CC/C=C\C/C=C\C/C=C\C/C=C\C/C=C\CC)OC(=O)CCCCCCC\C=C/C=C\C=C/C=C\C=C/CCC. The molecule has 0 aromatic carbocycles. The van der Waals surface area contributed by atoms with Crippen LogP contribution in [0.15, 0.2) is 182 Å². The molecule has 0 fully saturated rings. The largest absolute Gasteiger partial charge is 0.462 e. The van der Waals surface area contributed by atoms with Crippen molar-refractivity contribution in [2.24, 2.45) is 0 Å². The maximum atomic E-state index is 12.8. The zero-order chi connectivity index (χ0) is 51.4. The fourth-order valence-corrected chi connectivity index (χ4v) is 6.49. The van der Waals surface area contributed by atoms with E-state index in [1.165, 1.54) is 6.42 Å². The van der Waals surface area contributed by atoms with Gasteiger partial charge in [-0.15, -0.1) is 0 Å². The molecule has 1 unspecified atom stereocenters. The zero-order valence-corrected chi connectivity index (χ0v) is 44.6. The summed E-state index contributed by atoms with van der Waals surface area (Å²) in [7, 11) is 0. The van der Waals surface area contributed by atoms with Crippen molar-refractivity contribution in [3.05, 3.63) is 182 Å². The topological polar surface area (TPSA) is 78.9 Å². The summed E-state index contributed by atoms with van der Waals surface area (Å²) in [6.45, 7) is 6.18. The van der Waals surface area contributed by atoms with Crippen molar-refractivity contribution in [1.29, 1.82) is 0 Å². The van der Waals surface area contributed by atoms with Gasteiger partial charge in [-0.25, -0.2) is 0 Å². The summed E-state index contributed by atoms with van der Waals surface area (Å²) in [6, 6.07) is 0. The van der Waals surface area contributed by atoms with E-state index < -0.39 is 6.10 Å². The van der Waals surface area contributed by atoms with Gasteiger partial charge in [0.1, 0.15) is 13.2 Å². The Morgan fingerprint density at radius 2 is 0.634 bits per heavy atom. The number of hydrogen-bond acceptors (Lipinski definition) is 6. The van der Waals surface area contributed by atoms with E-state index in [-0.39, 0.29) is 44.0 Å². The molecule has 0 amide bonds. The molecule has 0 bridgehead atoms. The molecule has 6 nitrogen and oxygen atoms in total. The van der Waals surface area contributed by atoms with E-state index in [9.17, 15) is 14.4 Å². The number of carbonyl (C=O) groups excluding carboxylic acids is 3. The third-order valence-corrected chi connectivity index (χ3v) is 10.5. The molecule has 0 heterocycles. The third kappa shape index (κ3) is 55.3. The van der Waals surface area contributed by atoms with Gasteiger partial charge in [0.05, 0.1) is 0 Å². The minimum absolute atomic E-state index is 0.139. The van der Waals surface area contributed by atoms with Gasteiger partial charge in [-0.2, -0.15) is 0 Å². The smallest absolute Gasteiger partial charge is 0.306 e. The van der Waals surface area contributed by atoms with Crippen molar-refractivity contribution in [2.75, 3.05) is 13.2 Å². The highest BCUT2D eigenvalue weighted by Crippen LogP contribution is 2.11. The van der Waals surface area contributed by atoms with Crippen molar-refractivity contribution in [3.63, 3.8) is 0 Å². The number of esters is 3. The van der Waals surface area contributed by atoms with E-state index >= 15 is 0 Å². The zero-order valence-electron chi connectivity index (χ0n) is 44.6. The number of carbonyl (C=O) groups is 3. The van der Waals surface area contributed by atoms with Crippen LogP contribution in [0.3, 0.4) is 0 Å². The number of rotatable bonds is 46. The normalized spacial score (nSPS) is 13.6. The molecular weight excluding hydrogens is 877 g/mol. The first kappa shape index (κ1) is 65.5. The molecule has 0 aliphatic rings. The molecule has 0 aliphatic heterocycles. The van der Waals surface area contributed by atoms with Crippen LogP contribution in [0.25, 0.3) is 0 Å². The Balaban J connectivity index is 4.66. The second kappa shape index (κ2) is 57.1. The highest BCUT2D eigenvalue weighted by molar-refractivity contribution is 5.71. The quantitative estimate of drug-likeness (QED) is 0.0199. The van der Waals surface area contributed by atoms with Crippen molar-refractivity contribution in [3.8, 4) is 0 Å². The van der Waals surface area contributed by atoms with Crippen LogP contribution >= 0.6 is 0 Å². The van der Waals surface area contributed by atoms with Crippen LogP contribution in [0.2, 0.25) is 0 Å². The van der Waals surface area contributed by atoms with Gasteiger partial charge in [-0.3, -0.25) is 14.4 Å². The standard InChI is InChI=1S/C65H96O6/c1-4-7-10-13-16-19-22-25-28-31-33-35-37-40-43-46-49-52-55-58-64(67)70-61-62(60-69-63(66)57-54-51-48-45-42-39-36-30-27-24-21-18-15-12-9-6-3)71-65(68)59-56-53-50-47-44-41-38-34-32-29-26-23-20-17-14-11-8-5-2/h7,9-12,14,16-21,23,25-30,32-35,38-40,42-43,48,51,62H,4-6,8,13,15,22,24,31,36-37,41,44-47,49-50,52-61H2,1-3H3/b10-7-,12-9-,14-11-,19-16-,20-17-,21-18-,26-23-,28-25-,30-27-,32-29-,35-33-,38-34-,42-39-,43-40-,51-48-. The van der Waals surface area contributed by atoms with E-state index in [1.807, 2.05) is 48.6 Å². The summed E-state index contributed by atoms with van der Waals surface area (Å²) in [5.41, 5.74) is 0. The lowest BCUT2D eigenvalue weighted by molar-refractivity contribution is -0.166. The number of allylic oxidation sites excluding steroid dienone is 30. The van der Waals surface area contributed by atoms with Crippen LogP contribution in [0.4, 0.5) is 0 Å². The molecule has 0 saturated heterocycles. The molecule has 0 aromatic heterocycles. The summed E-state index contributed by atoms with van der Waals surface area (Å²) in [6.07, 6.45) is 85.9. The first-order valence-electron chi connectivity index (χ1n) is 27.4. The van der Waals surface area contributed by atoms with Gasteiger partial charge < -0.3 is 14.2 Å². The molecule has 0 radical (unpaired) electrons. The first-order chi connectivity index (χ1) is 35.0. The van der Waals surface area contributed by atoms with Gasteiger partial charge in [-0.1, -0.05) is 235 Å². The Kier molecular flexibility index (Phi) is 52.7. The monoisotopic (exact) mass is 973 g/mol. The molecule has 0 rings (SSSR count). The molecule has 6 heteroatoms. The number of hydrogen-bond donors (Lipinski definition) is 0. The van der Waals surface area contributed by atoms with Crippen molar-refractivity contribution in [1.82, 2.24) is 0 Å². The number of unbranched alkanes of at least 4 members (excludes halogenated alkanes) is 9. The van der Waals surface area contributed by atoms with Crippen LogP contribution in [0.1, 0.15) is 188 Å². The molecule has 0 aromatic rings. The van der Waals surface area contributed by atoms with Crippen molar-refractivity contribution >= 4 is 17.9 Å². The summed E-state index contributed by atoms with van der Waals surface area (Å²) in [5, 5.41) is 0. The highest BCUT2D eigenvalue weighted by atomic mass is 16.6. The fourth-order valence-electron chi connectivity index (χ4n) is 6.49. The molecule has 392 valence electrons. The lowest BCUT2D eigenvalue weighted by atomic mass is 10.1. The predicted molar refractivity (Wildman–Crippen MR) is 306 cm³/mol.